The summed E-state index contributed by atoms with van der Waals surface area (Å²) < 4.78 is 2.12. The first-order valence-corrected chi connectivity index (χ1v) is 4.36. The lowest BCUT2D eigenvalue weighted by molar-refractivity contribution is -0.122. The van der Waals surface area contributed by atoms with Crippen LogP contribution in [0.15, 0.2) is 0 Å². The van der Waals surface area contributed by atoms with E-state index in [2.05, 4.69) is 26.0 Å². The van der Waals surface area contributed by atoms with Crippen LogP contribution in [0.25, 0.3) is 0 Å². The fraction of sp³-hybridized carbons (Fsp3) is 0.833. The Kier molecular flexibility index (Phi) is 2.91. The highest BCUT2D eigenvalue weighted by atomic mass is 127. The molecule has 0 spiro atoms. The number of amides is 1. The van der Waals surface area contributed by atoms with Crippen LogP contribution in [-0.2, 0) is 4.79 Å². The fourth-order valence-electron chi connectivity index (χ4n) is 1.16. The lowest BCUT2D eigenvalue weighted by Gasteiger charge is -2.25. The van der Waals surface area contributed by atoms with Crippen LogP contribution in [0.3, 0.4) is 0 Å². The molecular weight excluding hydrogens is 243 g/mol. The van der Waals surface area contributed by atoms with E-state index in [1.165, 1.54) is 0 Å². The van der Waals surface area contributed by atoms with Gasteiger partial charge in [0.25, 0.3) is 0 Å². The highest BCUT2D eigenvalue weighted by Crippen LogP contribution is 2.18. The fourth-order valence-corrected chi connectivity index (χ4v) is 1.98. The van der Waals surface area contributed by atoms with Crippen molar-refractivity contribution in [2.75, 3.05) is 13.1 Å². The molecule has 1 aliphatic heterocycles. The molecule has 10 heavy (non-hydrogen) atoms. The van der Waals surface area contributed by atoms with Crippen LogP contribution in [0.2, 0.25) is 0 Å². The van der Waals surface area contributed by atoms with E-state index in [-0.39, 0.29) is 11.8 Å². The highest BCUT2D eigenvalue weighted by molar-refractivity contribution is 14.1. The second-order valence-corrected chi connectivity index (χ2v) is 3.97. The molecule has 1 unspecified atom stereocenters. The van der Waals surface area contributed by atoms with Gasteiger partial charge in [0.05, 0.1) is 5.92 Å². The zero-order valence-electron chi connectivity index (χ0n) is 5.72. The molecule has 0 saturated carbocycles. The van der Waals surface area contributed by atoms with Crippen molar-refractivity contribution >= 4 is 28.8 Å². The second kappa shape index (κ2) is 3.52. The molecule has 1 aliphatic rings. The van der Waals surface area contributed by atoms with Gasteiger partial charge in [-0.2, -0.15) is 0 Å². The van der Waals surface area contributed by atoms with Gasteiger partial charge < -0.3 is 5.73 Å². The van der Waals surface area contributed by atoms with Crippen LogP contribution in [0.4, 0.5) is 0 Å². The van der Waals surface area contributed by atoms with E-state index in [4.69, 9.17) is 5.73 Å². The molecule has 1 heterocycles. The van der Waals surface area contributed by atoms with E-state index in [9.17, 15) is 4.79 Å². The summed E-state index contributed by atoms with van der Waals surface area (Å²) in [6, 6.07) is 0. The van der Waals surface area contributed by atoms with E-state index in [0.29, 0.717) is 0 Å². The SMILES string of the molecule is NC(=O)C1CCCN(I)C1. The van der Waals surface area contributed by atoms with E-state index in [1.54, 1.807) is 0 Å². The molecule has 1 atom stereocenters. The third-order valence-electron chi connectivity index (χ3n) is 1.77. The van der Waals surface area contributed by atoms with Crippen molar-refractivity contribution in [2.45, 2.75) is 12.8 Å². The third-order valence-corrected chi connectivity index (χ3v) is 2.65. The van der Waals surface area contributed by atoms with Gasteiger partial charge in [0.15, 0.2) is 0 Å². The summed E-state index contributed by atoms with van der Waals surface area (Å²) in [6.07, 6.45) is 2.06. The van der Waals surface area contributed by atoms with Crippen molar-refractivity contribution < 1.29 is 4.79 Å². The first-order valence-electron chi connectivity index (χ1n) is 3.40. The van der Waals surface area contributed by atoms with Crippen molar-refractivity contribution in [1.82, 2.24) is 3.11 Å². The van der Waals surface area contributed by atoms with Gasteiger partial charge in [0.2, 0.25) is 5.91 Å². The minimum absolute atomic E-state index is 0.0886. The molecule has 1 saturated heterocycles. The molecule has 58 valence electrons. The average molecular weight is 254 g/mol. The smallest absolute Gasteiger partial charge is 0.221 e. The first kappa shape index (κ1) is 8.26. The molecule has 3 nitrogen and oxygen atoms in total. The zero-order chi connectivity index (χ0) is 7.56. The second-order valence-electron chi connectivity index (χ2n) is 2.61. The minimum Gasteiger partial charge on any atom is -0.369 e. The Hall–Kier alpha value is 0.160. The molecule has 0 aromatic heterocycles. The molecule has 0 aromatic carbocycles. The topological polar surface area (TPSA) is 46.3 Å². The van der Waals surface area contributed by atoms with Gasteiger partial charge in [-0.25, -0.2) is 3.11 Å². The van der Waals surface area contributed by atoms with Gasteiger partial charge in [0.1, 0.15) is 0 Å². The lowest BCUT2D eigenvalue weighted by atomic mass is 9.99. The van der Waals surface area contributed by atoms with Gasteiger partial charge in [-0.15, -0.1) is 0 Å². The molecule has 0 aliphatic carbocycles. The standard InChI is InChI=1S/C6H11IN2O/c7-9-3-1-2-5(4-9)6(8)10/h5H,1-4H2,(H2,8,10). The van der Waals surface area contributed by atoms with Crippen LogP contribution in [0, 0.1) is 5.92 Å². The summed E-state index contributed by atoms with van der Waals surface area (Å²) >= 11 is 2.23. The van der Waals surface area contributed by atoms with Crippen molar-refractivity contribution in [3.8, 4) is 0 Å². The molecule has 2 N–H and O–H groups in total. The minimum atomic E-state index is -0.152. The summed E-state index contributed by atoms with van der Waals surface area (Å²) in [5.41, 5.74) is 5.16. The third kappa shape index (κ3) is 2.09. The number of nitrogens with two attached hydrogens (primary N) is 1. The Labute approximate surface area is 74.4 Å². The van der Waals surface area contributed by atoms with Gasteiger partial charge >= 0.3 is 0 Å². The summed E-state index contributed by atoms with van der Waals surface area (Å²) in [4.78, 5) is 10.7. The molecule has 1 amide bonds. The van der Waals surface area contributed by atoms with Crippen molar-refractivity contribution in [3.63, 3.8) is 0 Å². The number of carbonyl (C=O) groups is 1. The number of carbonyl (C=O) groups excluding carboxylic acids is 1. The maximum Gasteiger partial charge on any atom is 0.221 e. The summed E-state index contributed by atoms with van der Waals surface area (Å²) in [7, 11) is 0. The van der Waals surface area contributed by atoms with E-state index in [0.717, 1.165) is 25.9 Å². The summed E-state index contributed by atoms with van der Waals surface area (Å²) in [6.45, 7) is 1.92. The van der Waals surface area contributed by atoms with Crippen LogP contribution in [0.1, 0.15) is 12.8 Å². The van der Waals surface area contributed by atoms with E-state index < -0.39 is 0 Å². The summed E-state index contributed by atoms with van der Waals surface area (Å²) in [5.74, 6) is -0.0629. The Morgan fingerprint density at radius 2 is 2.40 bits per heavy atom. The molecule has 0 aromatic rings. The number of piperidine rings is 1. The predicted molar refractivity (Wildman–Crippen MR) is 47.5 cm³/mol. The number of nitrogens with zero attached hydrogens (tertiary/aromatic N) is 1. The molecule has 1 fully saturated rings. The van der Waals surface area contributed by atoms with Crippen LogP contribution in [-0.4, -0.2) is 22.1 Å². The lowest BCUT2D eigenvalue weighted by Crippen LogP contribution is -2.36. The number of primary amides is 1. The number of hydrogen-bond acceptors (Lipinski definition) is 2. The van der Waals surface area contributed by atoms with Gasteiger partial charge in [-0.1, -0.05) is 0 Å². The van der Waals surface area contributed by atoms with Crippen LogP contribution < -0.4 is 5.73 Å². The average Bonchev–Trinajstić information content (AvgIpc) is 1.88. The molecule has 1 rings (SSSR count). The predicted octanol–water partition coefficient (Wildman–Crippen LogP) is 0.534. The molecule has 0 bridgehead atoms. The number of halogens is 1. The Balaban J connectivity index is 2.39. The normalized spacial score (nSPS) is 28.3. The quantitative estimate of drug-likeness (QED) is 0.548. The van der Waals surface area contributed by atoms with Gasteiger partial charge in [0, 0.05) is 36.0 Å². The highest BCUT2D eigenvalue weighted by Gasteiger charge is 2.21. The number of rotatable bonds is 1. The van der Waals surface area contributed by atoms with Crippen molar-refractivity contribution in [1.29, 1.82) is 0 Å². The maximum atomic E-state index is 10.7. The van der Waals surface area contributed by atoms with Crippen molar-refractivity contribution in [3.05, 3.63) is 0 Å². The van der Waals surface area contributed by atoms with E-state index >= 15 is 0 Å². The molecule has 4 heteroatoms. The molecule has 0 radical (unpaired) electrons. The monoisotopic (exact) mass is 254 g/mol. The summed E-state index contributed by atoms with van der Waals surface area (Å²) in [5, 5.41) is 0. The van der Waals surface area contributed by atoms with Crippen LogP contribution >= 0.6 is 22.9 Å². The number of hydrogen-bond donors (Lipinski definition) is 1. The van der Waals surface area contributed by atoms with Gasteiger partial charge in [-0.3, -0.25) is 4.79 Å². The zero-order valence-corrected chi connectivity index (χ0v) is 7.87. The Bertz CT molecular complexity index is 140. The van der Waals surface area contributed by atoms with E-state index in [1.807, 2.05) is 0 Å². The van der Waals surface area contributed by atoms with Gasteiger partial charge in [-0.05, 0) is 12.8 Å². The Morgan fingerprint density at radius 3 is 2.80 bits per heavy atom. The molecular formula is C6H11IN2O. The Morgan fingerprint density at radius 1 is 1.70 bits per heavy atom. The first-order chi connectivity index (χ1) is 4.70. The van der Waals surface area contributed by atoms with Crippen LogP contribution in [0.5, 0.6) is 0 Å². The largest absolute Gasteiger partial charge is 0.369 e. The maximum absolute atomic E-state index is 10.7. The van der Waals surface area contributed by atoms with Crippen molar-refractivity contribution in [2.24, 2.45) is 11.7 Å².